The van der Waals surface area contributed by atoms with E-state index in [2.05, 4.69) is 4.90 Å². The average Bonchev–Trinajstić information content (AvgIpc) is 2.82. The molecule has 1 aliphatic heterocycles. The summed E-state index contributed by atoms with van der Waals surface area (Å²) in [5.41, 5.74) is 0. The van der Waals surface area contributed by atoms with E-state index < -0.39 is 0 Å². The van der Waals surface area contributed by atoms with Crippen LogP contribution in [-0.2, 0) is 16.1 Å². The maximum Gasteiger partial charge on any atom is 0.289 e. The molecule has 17 heavy (non-hydrogen) atoms. The van der Waals surface area contributed by atoms with Crippen LogP contribution in [0.25, 0.3) is 0 Å². The molecule has 0 aromatic carbocycles. The first-order valence-electron chi connectivity index (χ1n) is 5.71. The number of rotatable bonds is 3. The maximum atomic E-state index is 11.5. The Labute approximate surface area is 100.0 Å². The van der Waals surface area contributed by atoms with Crippen LogP contribution in [0.5, 0.6) is 0 Å². The molecule has 1 aromatic rings. The normalized spacial score (nSPS) is 17.1. The summed E-state index contributed by atoms with van der Waals surface area (Å²) in [5.74, 6) is 0.170. The van der Waals surface area contributed by atoms with Gasteiger partial charge in [-0.25, -0.2) is 0 Å². The summed E-state index contributed by atoms with van der Waals surface area (Å²) >= 11 is 0. The third-order valence-corrected chi connectivity index (χ3v) is 2.92. The quantitative estimate of drug-likeness (QED) is 0.718. The topological polar surface area (TPSA) is 53.8 Å². The van der Waals surface area contributed by atoms with Crippen molar-refractivity contribution in [2.24, 2.45) is 0 Å². The van der Waals surface area contributed by atoms with Gasteiger partial charge in [-0.2, -0.15) is 0 Å². The standard InChI is InChI=1S/C12H16N2O3/c1-10(15)12(16)14-6-4-13(5-7-14)9-11-3-2-8-17-11/h2-3,8H,4-7,9H2,1H3. The van der Waals surface area contributed by atoms with Gasteiger partial charge in [0.25, 0.3) is 5.91 Å². The first-order chi connectivity index (χ1) is 8.16. The minimum Gasteiger partial charge on any atom is -0.468 e. The van der Waals surface area contributed by atoms with Crippen molar-refractivity contribution in [3.8, 4) is 0 Å². The van der Waals surface area contributed by atoms with Gasteiger partial charge in [0.1, 0.15) is 5.76 Å². The van der Waals surface area contributed by atoms with E-state index in [1.807, 2.05) is 12.1 Å². The van der Waals surface area contributed by atoms with Crippen molar-refractivity contribution in [3.05, 3.63) is 24.2 Å². The Bertz CT molecular complexity index is 392. The highest BCUT2D eigenvalue weighted by Crippen LogP contribution is 2.09. The van der Waals surface area contributed by atoms with E-state index in [0.29, 0.717) is 13.1 Å². The Morgan fingerprint density at radius 2 is 2.00 bits per heavy atom. The van der Waals surface area contributed by atoms with E-state index in [4.69, 9.17) is 4.42 Å². The van der Waals surface area contributed by atoms with E-state index in [0.717, 1.165) is 25.4 Å². The Hall–Kier alpha value is -1.62. The van der Waals surface area contributed by atoms with Crippen LogP contribution >= 0.6 is 0 Å². The van der Waals surface area contributed by atoms with Crippen LogP contribution in [0, 0.1) is 0 Å². The second kappa shape index (κ2) is 5.14. The van der Waals surface area contributed by atoms with Crippen molar-refractivity contribution in [1.82, 2.24) is 9.80 Å². The molecule has 1 fully saturated rings. The van der Waals surface area contributed by atoms with Crippen LogP contribution < -0.4 is 0 Å². The van der Waals surface area contributed by atoms with Crippen molar-refractivity contribution in [2.75, 3.05) is 26.2 Å². The molecule has 5 nitrogen and oxygen atoms in total. The molecule has 0 radical (unpaired) electrons. The maximum absolute atomic E-state index is 11.5. The van der Waals surface area contributed by atoms with Gasteiger partial charge in [-0.05, 0) is 12.1 Å². The van der Waals surface area contributed by atoms with Gasteiger partial charge in [0.2, 0.25) is 5.78 Å². The van der Waals surface area contributed by atoms with Crippen molar-refractivity contribution in [2.45, 2.75) is 13.5 Å². The molecule has 0 N–H and O–H groups in total. The minimum absolute atomic E-state index is 0.373. The predicted octanol–water partition coefficient (Wildman–Crippen LogP) is 0.513. The van der Waals surface area contributed by atoms with Gasteiger partial charge >= 0.3 is 0 Å². The number of hydrogen-bond acceptors (Lipinski definition) is 4. The lowest BCUT2D eigenvalue weighted by Gasteiger charge is -2.33. The number of hydrogen-bond donors (Lipinski definition) is 0. The Morgan fingerprint density at radius 3 is 2.53 bits per heavy atom. The summed E-state index contributed by atoms with van der Waals surface area (Å²) < 4.78 is 5.27. The fourth-order valence-electron chi connectivity index (χ4n) is 1.95. The smallest absolute Gasteiger partial charge is 0.289 e. The molecule has 1 amide bonds. The molecule has 1 aliphatic rings. The van der Waals surface area contributed by atoms with Gasteiger partial charge < -0.3 is 9.32 Å². The molecular formula is C12H16N2O3. The summed E-state index contributed by atoms with van der Waals surface area (Å²) in [6.45, 7) is 4.85. The fourth-order valence-corrected chi connectivity index (χ4v) is 1.95. The molecule has 0 bridgehead atoms. The van der Waals surface area contributed by atoms with E-state index in [9.17, 15) is 9.59 Å². The van der Waals surface area contributed by atoms with Gasteiger partial charge in [0.15, 0.2) is 0 Å². The summed E-state index contributed by atoms with van der Waals surface area (Å²) in [5, 5.41) is 0. The SMILES string of the molecule is CC(=O)C(=O)N1CCN(Cc2ccco2)CC1. The van der Waals surface area contributed by atoms with Gasteiger partial charge in [0, 0.05) is 33.1 Å². The van der Waals surface area contributed by atoms with Crippen molar-refractivity contribution < 1.29 is 14.0 Å². The van der Waals surface area contributed by atoms with Crippen LogP contribution in [0.2, 0.25) is 0 Å². The lowest BCUT2D eigenvalue weighted by atomic mass is 10.2. The molecule has 1 aromatic heterocycles. The number of amides is 1. The van der Waals surface area contributed by atoms with E-state index >= 15 is 0 Å². The number of furan rings is 1. The average molecular weight is 236 g/mol. The van der Waals surface area contributed by atoms with E-state index in [-0.39, 0.29) is 11.7 Å². The Morgan fingerprint density at radius 1 is 1.29 bits per heavy atom. The largest absolute Gasteiger partial charge is 0.468 e. The van der Waals surface area contributed by atoms with Crippen LogP contribution in [-0.4, -0.2) is 47.7 Å². The van der Waals surface area contributed by atoms with E-state index in [1.54, 1.807) is 11.2 Å². The zero-order valence-corrected chi connectivity index (χ0v) is 9.89. The number of nitrogens with zero attached hydrogens (tertiary/aromatic N) is 2. The van der Waals surface area contributed by atoms with Gasteiger partial charge in [-0.1, -0.05) is 0 Å². The number of ketones is 1. The van der Waals surface area contributed by atoms with Crippen LogP contribution in [0.4, 0.5) is 0 Å². The predicted molar refractivity (Wildman–Crippen MR) is 61.2 cm³/mol. The zero-order valence-electron chi connectivity index (χ0n) is 9.89. The highest BCUT2D eigenvalue weighted by Gasteiger charge is 2.23. The monoisotopic (exact) mass is 236 g/mol. The molecule has 1 saturated heterocycles. The Balaban J connectivity index is 1.82. The molecule has 92 valence electrons. The van der Waals surface area contributed by atoms with Crippen molar-refractivity contribution in [1.29, 1.82) is 0 Å². The second-order valence-electron chi connectivity index (χ2n) is 4.20. The summed E-state index contributed by atoms with van der Waals surface area (Å²) in [7, 11) is 0. The first kappa shape index (κ1) is 11.9. The van der Waals surface area contributed by atoms with Crippen molar-refractivity contribution in [3.63, 3.8) is 0 Å². The molecule has 0 unspecified atom stereocenters. The number of piperazine rings is 1. The Kier molecular flexibility index (Phi) is 3.58. The van der Waals surface area contributed by atoms with Gasteiger partial charge in [-0.15, -0.1) is 0 Å². The van der Waals surface area contributed by atoms with Crippen LogP contribution in [0.15, 0.2) is 22.8 Å². The molecule has 5 heteroatoms. The lowest BCUT2D eigenvalue weighted by molar-refractivity contribution is -0.144. The molecule has 0 aliphatic carbocycles. The highest BCUT2D eigenvalue weighted by molar-refractivity contribution is 6.35. The number of Topliss-reactive ketones (excluding diaryl/α,β-unsaturated/α-hetero) is 1. The zero-order chi connectivity index (χ0) is 12.3. The molecule has 0 spiro atoms. The summed E-state index contributed by atoms with van der Waals surface area (Å²) in [6.07, 6.45) is 1.66. The van der Waals surface area contributed by atoms with Gasteiger partial charge in [0.05, 0.1) is 12.8 Å². The number of carbonyl (C=O) groups is 2. The minimum atomic E-state index is -0.385. The van der Waals surface area contributed by atoms with E-state index in [1.165, 1.54) is 6.92 Å². The van der Waals surface area contributed by atoms with Crippen LogP contribution in [0.1, 0.15) is 12.7 Å². The lowest BCUT2D eigenvalue weighted by Crippen LogP contribution is -2.49. The molecule has 2 heterocycles. The summed E-state index contributed by atoms with van der Waals surface area (Å²) in [4.78, 5) is 26.2. The third-order valence-electron chi connectivity index (χ3n) is 2.92. The van der Waals surface area contributed by atoms with Crippen LogP contribution in [0.3, 0.4) is 0 Å². The number of carbonyl (C=O) groups excluding carboxylic acids is 2. The van der Waals surface area contributed by atoms with Gasteiger partial charge in [-0.3, -0.25) is 14.5 Å². The third kappa shape index (κ3) is 2.94. The highest BCUT2D eigenvalue weighted by atomic mass is 16.3. The summed E-state index contributed by atoms with van der Waals surface area (Å²) in [6, 6.07) is 3.80. The first-order valence-corrected chi connectivity index (χ1v) is 5.71. The molecule has 0 atom stereocenters. The fraction of sp³-hybridized carbons (Fsp3) is 0.500. The molecule has 2 rings (SSSR count). The molecule has 0 saturated carbocycles. The van der Waals surface area contributed by atoms with Crippen molar-refractivity contribution >= 4 is 11.7 Å². The second-order valence-corrected chi connectivity index (χ2v) is 4.20. The molecular weight excluding hydrogens is 220 g/mol.